The molecule has 0 radical (unpaired) electrons. The smallest absolute Gasteiger partial charge is 0.338 e. The lowest BCUT2D eigenvalue weighted by Gasteiger charge is -2.33. The molecule has 0 aromatic heterocycles. The molecule has 0 aliphatic carbocycles. The zero-order chi connectivity index (χ0) is 21.9. The lowest BCUT2D eigenvalue weighted by Crippen LogP contribution is -2.44. The number of amidine groups is 1. The number of fused-ring (bicyclic) bond motifs is 1. The second kappa shape index (κ2) is 9.55. The molecule has 0 saturated carbocycles. The van der Waals surface area contributed by atoms with Crippen LogP contribution in [0.5, 0.6) is 0 Å². The Balaban J connectivity index is 1.99. The summed E-state index contributed by atoms with van der Waals surface area (Å²) < 4.78 is 26.1. The van der Waals surface area contributed by atoms with Gasteiger partial charge in [0, 0.05) is 30.0 Å². The molecule has 2 heterocycles. The maximum atomic E-state index is 12.7. The number of carbonyl (C=O) groups excluding carboxylic acids is 1. The molecule has 9 heteroatoms. The Kier molecular flexibility index (Phi) is 7.28. The number of esters is 1. The Labute approximate surface area is 181 Å². The van der Waals surface area contributed by atoms with Gasteiger partial charge in [0.15, 0.2) is 0 Å². The number of benzene rings is 1. The van der Waals surface area contributed by atoms with Crippen LogP contribution in [0.25, 0.3) is 0 Å². The fraction of sp³-hybridized carbons (Fsp3) is 0.619. The van der Waals surface area contributed by atoms with E-state index >= 15 is 0 Å². The average Bonchev–Trinajstić information content (AvgIpc) is 2.72. The lowest BCUT2D eigenvalue weighted by molar-refractivity contribution is 0.0526. The molecule has 2 aliphatic heterocycles. The van der Waals surface area contributed by atoms with Gasteiger partial charge in [0.05, 0.1) is 49.3 Å². The summed E-state index contributed by atoms with van der Waals surface area (Å²) in [5.41, 5.74) is 2.81. The van der Waals surface area contributed by atoms with E-state index in [4.69, 9.17) is 14.5 Å². The molecule has 3 rings (SSSR count). The monoisotopic (exact) mass is 436 g/mol. The van der Waals surface area contributed by atoms with Crippen LogP contribution in [-0.4, -0.2) is 65.5 Å². The van der Waals surface area contributed by atoms with Gasteiger partial charge >= 0.3 is 5.97 Å². The maximum Gasteiger partial charge on any atom is 0.338 e. The highest BCUT2D eigenvalue weighted by Crippen LogP contribution is 2.38. The third-order valence-electron chi connectivity index (χ3n) is 5.01. The first-order chi connectivity index (χ1) is 14.2. The van der Waals surface area contributed by atoms with Gasteiger partial charge in [-0.05, 0) is 46.8 Å². The Morgan fingerprint density at radius 3 is 2.73 bits per heavy atom. The van der Waals surface area contributed by atoms with Crippen molar-refractivity contribution < 1.29 is 18.8 Å². The summed E-state index contributed by atoms with van der Waals surface area (Å²) in [6.45, 7) is 13.3. The van der Waals surface area contributed by atoms with E-state index in [1.165, 1.54) is 0 Å². The van der Waals surface area contributed by atoms with Crippen molar-refractivity contribution in [2.45, 2.75) is 45.4 Å². The van der Waals surface area contributed by atoms with Crippen molar-refractivity contribution in [1.82, 2.24) is 9.62 Å². The minimum absolute atomic E-state index is 0.275. The first-order valence-electron chi connectivity index (χ1n) is 10.4. The molecule has 1 aromatic carbocycles. The third kappa shape index (κ3) is 5.26. The van der Waals surface area contributed by atoms with Crippen LogP contribution in [0.2, 0.25) is 0 Å². The quantitative estimate of drug-likeness (QED) is 0.541. The number of aliphatic imine (C=N–C) groups is 1. The van der Waals surface area contributed by atoms with Gasteiger partial charge in [0.25, 0.3) is 0 Å². The average molecular weight is 437 g/mol. The second-order valence-electron chi connectivity index (χ2n) is 8.38. The highest BCUT2D eigenvalue weighted by molar-refractivity contribution is 7.90. The number of nitrogens with zero attached hydrogens (tertiary/aromatic N) is 2. The molecule has 0 amide bonds. The van der Waals surface area contributed by atoms with Gasteiger partial charge in [-0.2, -0.15) is 0 Å². The summed E-state index contributed by atoms with van der Waals surface area (Å²) in [4.78, 5) is 19.6. The molecule has 1 fully saturated rings. The van der Waals surface area contributed by atoms with Crippen molar-refractivity contribution >= 4 is 34.5 Å². The van der Waals surface area contributed by atoms with Crippen molar-refractivity contribution in [2.24, 2.45) is 4.99 Å². The number of anilines is 1. The van der Waals surface area contributed by atoms with Gasteiger partial charge in [-0.25, -0.2) is 9.79 Å². The zero-order valence-electron chi connectivity index (χ0n) is 18.4. The van der Waals surface area contributed by atoms with Gasteiger partial charge in [-0.1, -0.05) is 0 Å². The van der Waals surface area contributed by atoms with Crippen LogP contribution in [0.15, 0.2) is 17.1 Å². The first-order valence-corrected chi connectivity index (χ1v) is 11.5. The number of hydrogen-bond donors (Lipinski definition) is 2. The van der Waals surface area contributed by atoms with E-state index in [9.17, 15) is 9.35 Å². The molecule has 1 aromatic rings. The molecule has 166 valence electrons. The minimum atomic E-state index is -1.26. The fourth-order valence-electron chi connectivity index (χ4n) is 3.33. The van der Waals surface area contributed by atoms with Crippen molar-refractivity contribution in [3.05, 3.63) is 23.3 Å². The molecule has 2 unspecified atom stereocenters. The Hall–Kier alpha value is -1.81. The molecule has 30 heavy (non-hydrogen) atoms. The molecule has 2 aliphatic rings. The molecule has 1 saturated heterocycles. The van der Waals surface area contributed by atoms with Crippen molar-refractivity contribution in [2.75, 3.05) is 44.8 Å². The number of carbonyl (C=O) groups is 1. The largest absolute Gasteiger partial charge is 0.598 e. The fourth-order valence-corrected chi connectivity index (χ4v) is 4.13. The van der Waals surface area contributed by atoms with Crippen LogP contribution < -0.4 is 10.0 Å². The number of nitrogens with one attached hydrogen (secondary N) is 2. The van der Waals surface area contributed by atoms with Crippen LogP contribution in [-0.2, 0) is 20.8 Å². The summed E-state index contributed by atoms with van der Waals surface area (Å²) in [7, 11) is 0. The third-order valence-corrected chi connectivity index (χ3v) is 6.69. The number of hydrogen-bond acceptors (Lipinski definition) is 8. The Morgan fingerprint density at radius 2 is 2.10 bits per heavy atom. The summed E-state index contributed by atoms with van der Waals surface area (Å²) in [6.07, 6.45) is 0. The Bertz CT molecular complexity index is 803. The van der Waals surface area contributed by atoms with Gasteiger partial charge < -0.3 is 24.2 Å². The number of morpholine rings is 1. The van der Waals surface area contributed by atoms with Crippen LogP contribution >= 0.6 is 0 Å². The number of ether oxygens (including phenoxy) is 2. The van der Waals surface area contributed by atoms with Crippen molar-refractivity contribution in [1.29, 1.82) is 0 Å². The van der Waals surface area contributed by atoms with E-state index in [-0.39, 0.29) is 12.0 Å². The molecule has 8 nitrogen and oxygen atoms in total. The van der Waals surface area contributed by atoms with E-state index in [0.717, 1.165) is 35.9 Å². The summed E-state index contributed by atoms with van der Waals surface area (Å²) in [5, 5.41) is 3.40. The molecule has 2 atom stereocenters. The van der Waals surface area contributed by atoms with E-state index in [1.807, 2.05) is 27.7 Å². The van der Waals surface area contributed by atoms with Crippen molar-refractivity contribution in [3.8, 4) is 0 Å². The SMILES string of the molecule is CCOC(=O)c1cc2c(c(C(C)N[S+]([O-])C(C)(C)C)c1)N=C(N1CCOCC1)CN2. The minimum Gasteiger partial charge on any atom is -0.598 e. The number of rotatable bonds is 5. The predicted octanol–water partition coefficient (Wildman–Crippen LogP) is 2.76. The van der Waals surface area contributed by atoms with Crippen LogP contribution in [0.1, 0.15) is 56.6 Å². The maximum absolute atomic E-state index is 12.7. The predicted molar refractivity (Wildman–Crippen MR) is 120 cm³/mol. The zero-order valence-corrected chi connectivity index (χ0v) is 19.2. The topological polar surface area (TPSA) is 98.2 Å². The Morgan fingerprint density at radius 1 is 1.40 bits per heavy atom. The molecular weight excluding hydrogens is 404 g/mol. The van der Waals surface area contributed by atoms with E-state index < -0.39 is 16.1 Å². The van der Waals surface area contributed by atoms with Crippen LogP contribution in [0.4, 0.5) is 11.4 Å². The van der Waals surface area contributed by atoms with Gasteiger partial charge in [-0.15, -0.1) is 4.72 Å². The molecule has 2 N–H and O–H groups in total. The van der Waals surface area contributed by atoms with Crippen LogP contribution in [0.3, 0.4) is 0 Å². The summed E-state index contributed by atoms with van der Waals surface area (Å²) in [6, 6.07) is 3.30. The van der Waals surface area contributed by atoms with Gasteiger partial charge in [0.2, 0.25) is 0 Å². The van der Waals surface area contributed by atoms with E-state index in [0.29, 0.717) is 31.9 Å². The lowest BCUT2D eigenvalue weighted by atomic mass is 10.0. The standard InChI is InChI=1S/C21H32N4O4S/c1-6-29-20(26)15-11-16(14(2)24-30(27)21(3,4)5)19-17(12-15)22-13-18(23-19)25-7-9-28-10-8-25/h11-12,14,22,24H,6-10,13H2,1-5H3. The normalized spacial score (nSPS) is 18.7. The summed E-state index contributed by atoms with van der Waals surface area (Å²) in [5.74, 6) is 0.565. The van der Waals surface area contributed by atoms with Gasteiger partial charge in [-0.3, -0.25) is 0 Å². The van der Waals surface area contributed by atoms with Gasteiger partial charge in [0.1, 0.15) is 10.6 Å². The van der Waals surface area contributed by atoms with E-state index in [2.05, 4.69) is 14.9 Å². The molecule has 0 bridgehead atoms. The molecule has 0 spiro atoms. The summed E-state index contributed by atoms with van der Waals surface area (Å²) >= 11 is -1.26. The highest BCUT2D eigenvalue weighted by Gasteiger charge is 2.31. The molecular formula is C21H32N4O4S. The van der Waals surface area contributed by atoms with E-state index in [1.54, 1.807) is 19.1 Å². The van der Waals surface area contributed by atoms with Crippen molar-refractivity contribution in [3.63, 3.8) is 0 Å². The first kappa shape index (κ1) is 22.9. The van der Waals surface area contributed by atoms with Crippen LogP contribution in [0, 0.1) is 0 Å². The second-order valence-corrected chi connectivity index (χ2v) is 10.4. The highest BCUT2D eigenvalue weighted by atomic mass is 32.2.